The van der Waals surface area contributed by atoms with E-state index in [2.05, 4.69) is 24.5 Å². The molecule has 2 aromatic rings. The van der Waals surface area contributed by atoms with E-state index >= 15 is 0 Å². The van der Waals surface area contributed by atoms with Crippen molar-refractivity contribution in [3.63, 3.8) is 0 Å². The van der Waals surface area contributed by atoms with E-state index in [9.17, 15) is 9.90 Å². The summed E-state index contributed by atoms with van der Waals surface area (Å²) >= 11 is 0. The SMILES string of the molecule is COc1ccccc1[C@H](O)CNC(=O)Nc1ccc(C(C)C)cc1. The first kappa shape index (κ1) is 17.8. The molecule has 0 fully saturated rings. The van der Waals surface area contributed by atoms with E-state index < -0.39 is 6.10 Å². The minimum Gasteiger partial charge on any atom is -0.496 e. The number of para-hydroxylation sites is 1. The van der Waals surface area contributed by atoms with Crippen molar-refractivity contribution >= 4 is 11.7 Å². The molecule has 2 rings (SSSR count). The zero-order chi connectivity index (χ0) is 17.5. The molecule has 5 heteroatoms. The molecule has 0 saturated heterocycles. The minimum atomic E-state index is -0.838. The van der Waals surface area contributed by atoms with Crippen molar-refractivity contribution in [2.24, 2.45) is 0 Å². The molecule has 3 N–H and O–H groups in total. The van der Waals surface area contributed by atoms with Gasteiger partial charge in [-0.2, -0.15) is 0 Å². The van der Waals surface area contributed by atoms with Crippen LogP contribution in [-0.2, 0) is 0 Å². The first-order chi connectivity index (χ1) is 11.5. The summed E-state index contributed by atoms with van der Waals surface area (Å²) in [5.41, 5.74) is 2.57. The summed E-state index contributed by atoms with van der Waals surface area (Å²) in [5, 5.41) is 15.6. The fourth-order valence-corrected chi connectivity index (χ4v) is 2.37. The second kappa shape index (κ2) is 8.36. The maximum absolute atomic E-state index is 12.0. The van der Waals surface area contributed by atoms with Crippen LogP contribution in [0, 0.1) is 0 Å². The summed E-state index contributed by atoms with van der Waals surface area (Å²) in [6, 6.07) is 14.5. The molecule has 1 atom stereocenters. The summed E-state index contributed by atoms with van der Waals surface area (Å²) < 4.78 is 5.21. The number of anilines is 1. The molecule has 0 unspecified atom stereocenters. The first-order valence-electron chi connectivity index (χ1n) is 7.97. The number of urea groups is 1. The third-order valence-corrected chi connectivity index (χ3v) is 3.79. The number of hydrogen-bond donors (Lipinski definition) is 3. The fourth-order valence-electron chi connectivity index (χ4n) is 2.37. The summed E-state index contributed by atoms with van der Waals surface area (Å²) in [4.78, 5) is 12.0. The average Bonchev–Trinajstić information content (AvgIpc) is 2.60. The summed E-state index contributed by atoms with van der Waals surface area (Å²) in [6.07, 6.45) is -0.838. The van der Waals surface area contributed by atoms with E-state index in [-0.39, 0.29) is 12.6 Å². The van der Waals surface area contributed by atoms with E-state index in [0.29, 0.717) is 22.9 Å². The van der Waals surface area contributed by atoms with Gasteiger partial charge in [0.1, 0.15) is 5.75 Å². The van der Waals surface area contributed by atoms with Crippen LogP contribution >= 0.6 is 0 Å². The van der Waals surface area contributed by atoms with E-state index in [4.69, 9.17) is 4.74 Å². The van der Waals surface area contributed by atoms with E-state index in [1.165, 1.54) is 5.56 Å². The van der Waals surface area contributed by atoms with Crippen LogP contribution in [0.1, 0.15) is 37.0 Å². The Balaban J connectivity index is 1.88. The molecule has 0 radical (unpaired) electrons. The van der Waals surface area contributed by atoms with Crippen LogP contribution in [0.2, 0.25) is 0 Å². The van der Waals surface area contributed by atoms with Crippen LogP contribution in [-0.4, -0.2) is 24.8 Å². The fraction of sp³-hybridized carbons (Fsp3) is 0.316. The van der Waals surface area contributed by atoms with Crippen molar-refractivity contribution in [2.75, 3.05) is 19.0 Å². The number of nitrogens with one attached hydrogen (secondary N) is 2. The van der Waals surface area contributed by atoms with Gasteiger partial charge in [0.05, 0.1) is 13.2 Å². The lowest BCUT2D eigenvalue weighted by atomic mass is 10.0. The first-order valence-corrected chi connectivity index (χ1v) is 7.97. The lowest BCUT2D eigenvalue weighted by molar-refractivity contribution is 0.171. The maximum atomic E-state index is 12.0. The van der Waals surface area contributed by atoms with Gasteiger partial charge in [-0.05, 0) is 29.7 Å². The third-order valence-electron chi connectivity index (χ3n) is 3.79. The number of carbonyl (C=O) groups is 1. The van der Waals surface area contributed by atoms with Gasteiger partial charge in [-0.25, -0.2) is 4.79 Å². The normalized spacial score (nSPS) is 11.9. The van der Waals surface area contributed by atoms with Crippen LogP contribution in [0.25, 0.3) is 0 Å². The Morgan fingerprint density at radius 2 is 1.79 bits per heavy atom. The van der Waals surface area contributed by atoms with Gasteiger partial charge in [-0.15, -0.1) is 0 Å². The number of ether oxygens (including phenoxy) is 1. The zero-order valence-electron chi connectivity index (χ0n) is 14.2. The Bertz CT molecular complexity index is 669. The molecule has 0 aliphatic heterocycles. The molecule has 0 heterocycles. The number of amides is 2. The summed E-state index contributed by atoms with van der Waals surface area (Å²) in [7, 11) is 1.55. The molecule has 2 amide bonds. The summed E-state index contributed by atoms with van der Waals surface area (Å²) in [5.74, 6) is 1.04. The van der Waals surface area contributed by atoms with Crippen molar-refractivity contribution < 1.29 is 14.6 Å². The van der Waals surface area contributed by atoms with Gasteiger partial charge in [0, 0.05) is 17.8 Å². The van der Waals surface area contributed by atoms with Crippen LogP contribution in [0.5, 0.6) is 5.75 Å². The Labute approximate surface area is 142 Å². The molecule has 0 aliphatic rings. The topological polar surface area (TPSA) is 70.6 Å². The molecular formula is C19H24N2O3. The number of rotatable bonds is 6. The highest BCUT2D eigenvalue weighted by Crippen LogP contribution is 2.24. The molecule has 0 bridgehead atoms. The van der Waals surface area contributed by atoms with Gasteiger partial charge in [0.15, 0.2) is 0 Å². The molecule has 0 spiro atoms. The van der Waals surface area contributed by atoms with E-state index in [1.807, 2.05) is 36.4 Å². The van der Waals surface area contributed by atoms with Crippen LogP contribution in [0.15, 0.2) is 48.5 Å². The van der Waals surface area contributed by atoms with Crippen LogP contribution < -0.4 is 15.4 Å². The number of aliphatic hydroxyl groups excluding tert-OH is 1. The molecule has 0 aromatic heterocycles. The Morgan fingerprint density at radius 1 is 1.12 bits per heavy atom. The Hall–Kier alpha value is -2.53. The number of hydrogen-bond acceptors (Lipinski definition) is 3. The monoisotopic (exact) mass is 328 g/mol. The molecule has 0 aliphatic carbocycles. The van der Waals surface area contributed by atoms with Gasteiger partial charge in [0.2, 0.25) is 0 Å². The lowest BCUT2D eigenvalue weighted by Crippen LogP contribution is -2.32. The number of benzene rings is 2. The van der Waals surface area contributed by atoms with Gasteiger partial charge in [0.25, 0.3) is 0 Å². The molecule has 128 valence electrons. The third kappa shape index (κ3) is 4.73. The number of methoxy groups -OCH3 is 1. The van der Waals surface area contributed by atoms with Crippen LogP contribution in [0.4, 0.5) is 10.5 Å². The average molecular weight is 328 g/mol. The molecule has 2 aromatic carbocycles. The van der Waals surface area contributed by atoms with Crippen molar-refractivity contribution in [3.05, 3.63) is 59.7 Å². The zero-order valence-corrected chi connectivity index (χ0v) is 14.2. The van der Waals surface area contributed by atoms with E-state index in [1.54, 1.807) is 19.2 Å². The lowest BCUT2D eigenvalue weighted by Gasteiger charge is -2.16. The number of carbonyl (C=O) groups excluding carboxylic acids is 1. The molecule has 24 heavy (non-hydrogen) atoms. The van der Waals surface area contributed by atoms with Crippen molar-refractivity contribution in [1.29, 1.82) is 0 Å². The van der Waals surface area contributed by atoms with Crippen molar-refractivity contribution in [1.82, 2.24) is 5.32 Å². The highest BCUT2D eigenvalue weighted by atomic mass is 16.5. The quantitative estimate of drug-likeness (QED) is 0.757. The van der Waals surface area contributed by atoms with Gasteiger partial charge in [-0.1, -0.05) is 44.2 Å². The summed E-state index contributed by atoms with van der Waals surface area (Å²) in [6.45, 7) is 4.33. The Morgan fingerprint density at radius 3 is 2.42 bits per heavy atom. The smallest absolute Gasteiger partial charge is 0.319 e. The largest absolute Gasteiger partial charge is 0.496 e. The van der Waals surface area contributed by atoms with Crippen molar-refractivity contribution in [3.8, 4) is 5.75 Å². The Kier molecular flexibility index (Phi) is 6.21. The van der Waals surface area contributed by atoms with Crippen molar-refractivity contribution in [2.45, 2.75) is 25.9 Å². The predicted molar refractivity (Wildman–Crippen MR) is 95.5 cm³/mol. The second-order valence-corrected chi connectivity index (χ2v) is 5.87. The van der Waals surface area contributed by atoms with Gasteiger partial charge in [-0.3, -0.25) is 0 Å². The minimum absolute atomic E-state index is 0.0935. The predicted octanol–water partition coefficient (Wildman–Crippen LogP) is 3.67. The second-order valence-electron chi connectivity index (χ2n) is 5.87. The molecular weight excluding hydrogens is 304 g/mol. The highest BCUT2D eigenvalue weighted by molar-refractivity contribution is 5.89. The molecule has 0 saturated carbocycles. The highest BCUT2D eigenvalue weighted by Gasteiger charge is 2.13. The standard InChI is InChI=1S/C19H24N2O3/c1-13(2)14-8-10-15(11-9-14)21-19(23)20-12-17(22)16-6-4-5-7-18(16)24-3/h4-11,13,17,22H,12H2,1-3H3,(H2,20,21,23)/t17-/m1/s1. The number of aliphatic hydroxyl groups is 1. The maximum Gasteiger partial charge on any atom is 0.319 e. The van der Waals surface area contributed by atoms with Gasteiger partial charge < -0.3 is 20.5 Å². The van der Waals surface area contributed by atoms with Crippen LogP contribution in [0.3, 0.4) is 0 Å². The van der Waals surface area contributed by atoms with E-state index in [0.717, 1.165) is 0 Å². The van der Waals surface area contributed by atoms with Gasteiger partial charge >= 0.3 is 6.03 Å². The molecule has 5 nitrogen and oxygen atoms in total.